The summed E-state index contributed by atoms with van der Waals surface area (Å²) in [6.45, 7) is 1.42. The van der Waals surface area contributed by atoms with Crippen molar-refractivity contribution in [3.8, 4) is 5.75 Å². The Morgan fingerprint density at radius 1 is 1.20 bits per heavy atom. The van der Waals surface area contributed by atoms with Crippen molar-refractivity contribution in [1.29, 1.82) is 0 Å². The molecule has 1 aromatic heterocycles. The van der Waals surface area contributed by atoms with Crippen molar-refractivity contribution in [1.82, 2.24) is 0 Å². The van der Waals surface area contributed by atoms with Crippen LogP contribution in [-0.4, -0.2) is 18.9 Å². The van der Waals surface area contributed by atoms with Gasteiger partial charge in [0.05, 0.1) is 17.7 Å². The lowest BCUT2D eigenvalue weighted by atomic mass is 10.2. The first kappa shape index (κ1) is 14.1. The fourth-order valence-electron chi connectivity index (χ4n) is 1.68. The van der Waals surface area contributed by atoms with Crippen LogP contribution in [0.2, 0.25) is 0 Å². The van der Waals surface area contributed by atoms with Crippen molar-refractivity contribution in [3.63, 3.8) is 0 Å². The monoisotopic (exact) mass is 290 g/mol. The van der Waals surface area contributed by atoms with Crippen molar-refractivity contribution in [3.05, 3.63) is 40.6 Å². The van der Waals surface area contributed by atoms with Crippen molar-refractivity contribution < 1.29 is 14.3 Å². The van der Waals surface area contributed by atoms with Gasteiger partial charge < -0.3 is 15.4 Å². The molecule has 0 bridgehead atoms. The predicted molar refractivity (Wildman–Crippen MR) is 79.6 cm³/mol. The minimum Gasteiger partial charge on any atom is -0.495 e. The zero-order chi connectivity index (χ0) is 14.5. The van der Waals surface area contributed by atoms with Gasteiger partial charge in [-0.05, 0) is 29.6 Å². The number of carbonyl (C=O) groups excluding carboxylic acids is 2. The standard InChI is InChI=1S/C14H14N2O3S/c1-9(17)15-10-5-6-12(19-2)11(8-10)16-14(18)13-4-3-7-20-13/h3-8H,1-2H3,(H,15,17)(H,16,18). The molecule has 2 amide bonds. The maximum Gasteiger partial charge on any atom is 0.265 e. The topological polar surface area (TPSA) is 67.4 Å². The van der Waals surface area contributed by atoms with E-state index in [0.717, 1.165) is 0 Å². The van der Waals surface area contributed by atoms with Crippen molar-refractivity contribution in [2.45, 2.75) is 6.92 Å². The van der Waals surface area contributed by atoms with Crippen molar-refractivity contribution in [2.24, 2.45) is 0 Å². The molecule has 5 nitrogen and oxygen atoms in total. The van der Waals surface area contributed by atoms with Crippen molar-refractivity contribution >= 4 is 34.5 Å². The van der Waals surface area contributed by atoms with Crippen LogP contribution in [0, 0.1) is 0 Å². The van der Waals surface area contributed by atoms with Crippen LogP contribution in [-0.2, 0) is 4.79 Å². The third-order valence-corrected chi connectivity index (χ3v) is 3.38. The van der Waals surface area contributed by atoms with Crippen LogP contribution in [0.5, 0.6) is 5.75 Å². The van der Waals surface area contributed by atoms with E-state index in [0.29, 0.717) is 22.0 Å². The number of benzene rings is 1. The molecule has 20 heavy (non-hydrogen) atoms. The molecule has 0 saturated carbocycles. The van der Waals surface area contributed by atoms with Gasteiger partial charge in [-0.3, -0.25) is 9.59 Å². The number of hydrogen-bond donors (Lipinski definition) is 2. The second-order valence-electron chi connectivity index (χ2n) is 4.03. The van der Waals surface area contributed by atoms with E-state index in [1.807, 2.05) is 11.4 Å². The molecule has 2 N–H and O–H groups in total. The molecule has 0 fully saturated rings. The molecule has 0 aliphatic heterocycles. The number of ether oxygens (including phenoxy) is 1. The molecule has 0 aliphatic carbocycles. The number of thiophene rings is 1. The van der Waals surface area contributed by atoms with E-state index in [1.54, 1.807) is 24.3 Å². The number of nitrogens with one attached hydrogen (secondary N) is 2. The lowest BCUT2D eigenvalue weighted by Gasteiger charge is -2.11. The van der Waals surface area contributed by atoms with Gasteiger partial charge in [0.1, 0.15) is 5.75 Å². The van der Waals surface area contributed by atoms with E-state index in [9.17, 15) is 9.59 Å². The fraction of sp³-hybridized carbons (Fsp3) is 0.143. The summed E-state index contributed by atoms with van der Waals surface area (Å²) in [4.78, 5) is 23.7. The average Bonchev–Trinajstić information content (AvgIpc) is 2.92. The SMILES string of the molecule is COc1ccc(NC(C)=O)cc1NC(=O)c1cccs1. The van der Waals surface area contributed by atoms with Crippen molar-refractivity contribution in [2.75, 3.05) is 17.7 Å². The van der Waals surface area contributed by atoms with Gasteiger partial charge in [0, 0.05) is 12.6 Å². The van der Waals surface area contributed by atoms with Crippen LogP contribution in [0.15, 0.2) is 35.7 Å². The number of hydrogen-bond acceptors (Lipinski definition) is 4. The summed E-state index contributed by atoms with van der Waals surface area (Å²) in [6, 6.07) is 8.61. The van der Waals surface area contributed by atoms with Crippen LogP contribution in [0.25, 0.3) is 0 Å². The molecule has 104 valence electrons. The Morgan fingerprint density at radius 3 is 2.60 bits per heavy atom. The lowest BCUT2D eigenvalue weighted by molar-refractivity contribution is -0.114. The minimum absolute atomic E-state index is 0.175. The quantitative estimate of drug-likeness (QED) is 0.909. The Hall–Kier alpha value is -2.34. The first-order valence-electron chi connectivity index (χ1n) is 5.90. The second kappa shape index (κ2) is 6.21. The minimum atomic E-state index is -0.210. The van der Waals surface area contributed by atoms with E-state index >= 15 is 0 Å². The molecule has 0 unspecified atom stereocenters. The summed E-state index contributed by atoms with van der Waals surface area (Å²) in [5.74, 6) is 0.146. The summed E-state index contributed by atoms with van der Waals surface area (Å²) >= 11 is 1.36. The molecule has 0 spiro atoms. The van der Waals surface area contributed by atoms with E-state index in [1.165, 1.54) is 25.4 Å². The fourth-order valence-corrected chi connectivity index (χ4v) is 2.30. The highest BCUT2D eigenvalue weighted by atomic mass is 32.1. The molecule has 2 aromatic rings. The van der Waals surface area contributed by atoms with Gasteiger partial charge >= 0.3 is 0 Å². The van der Waals surface area contributed by atoms with E-state index < -0.39 is 0 Å². The molecule has 0 atom stereocenters. The third-order valence-electron chi connectivity index (χ3n) is 2.51. The highest BCUT2D eigenvalue weighted by Gasteiger charge is 2.11. The summed E-state index contributed by atoms with van der Waals surface area (Å²) in [5, 5.41) is 7.27. The molecule has 1 heterocycles. The zero-order valence-corrected chi connectivity index (χ0v) is 11.9. The van der Waals surface area contributed by atoms with E-state index in [4.69, 9.17) is 4.74 Å². The summed E-state index contributed by atoms with van der Waals surface area (Å²) in [6.07, 6.45) is 0. The number of methoxy groups -OCH3 is 1. The van der Waals surface area contributed by atoms with Gasteiger partial charge in [-0.1, -0.05) is 6.07 Å². The van der Waals surface area contributed by atoms with Crippen LogP contribution in [0.4, 0.5) is 11.4 Å². The summed E-state index contributed by atoms with van der Waals surface area (Å²) in [5.41, 5.74) is 1.11. The highest BCUT2D eigenvalue weighted by Crippen LogP contribution is 2.28. The normalized spacial score (nSPS) is 9.90. The number of carbonyl (C=O) groups is 2. The van der Waals surface area contributed by atoms with Crippen LogP contribution < -0.4 is 15.4 Å². The maximum atomic E-state index is 12.0. The Morgan fingerprint density at radius 2 is 2.00 bits per heavy atom. The number of amides is 2. The van der Waals surface area contributed by atoms with Crippen LogP contribution in [0.1, 0.15) is 16.6 Å². The molecule has 2 rings (SSSR count). The molecule has 0 aliphatic rings. The first-order chi connectivity index (χ1) is 9.60. The van der Waals surface area contributed by atoms with Crippen LogP contribution >= 0.6 is 11.3 Å². The van der Waals surface area contributed by atoms with Gasteiger partial charge in [-0.15, -0.1) is 11.3 Å². The summed E-state index contributed by atoms with van der Waals surface area (Å²) in [7, 11) is 1.52. The van der Waals surface area contributed by atoms with E-state index in [2.05, 4.69) is 10.6 Å². The van der Waals surface area contributed by atoms with Gasteiger partial charge in [0.2, 0.25) is 5.91 Å². The Balaban J connectivity index is 2.24. The average molecular weight is 290 g/mol. The van der Waals surface area contributed by atoms with E-state index in [-0.39, 0.29) is 11.8 Å². The molecule has 1 aromatic carbocycles. The first-order valence-corrected chi connectivity index (χ1v) is 6.78. The largest absolute Gasteiger partial charge is 0.495 e. The third kappa shape index (κ3) is 3.36. The number of rotatable bonds is 4. The smallest absolute Gasteiger partial charge is 0.265 e. The molecular weight excluding hydrogens is 276 g/mol. The molecule has 6 heteroatoms. The van der Waals surface area contributed by atoms with Gasteiger partial charge in [0.25, 0.3) is 5.91 Å². The predicted octanol–water partition coefficient (Wildman–Crippen LogP) is 2.97. The maximum absolute atomic E-state index is 12.0. The Kier molecular flexibility index (Phi) is 4.37. The zero-order valence-electron chi connectivity index (χ0n) is 11.1. The Labute approximate surface area is 120 Å². The lowest BCUT2D eigenvalue weighted by Crippen LogP contribution is -2.12. The second-order valence-corrected chi connectivity index (χ2v) is 4.98. The summed E-state index contributed by atoms with van der Waals surface area (Å²) < 4.78 is 5.20. The van der Waals surface area contributed by atoms with Gasteiger partial charge in [-0.2, -0.15) is 0 Å². The molecule has 0 radical (unpaired) electrons. The highest BCUT2D eigenvalue weighted by molar-refractivity contribution is 7.12. The van der Waals surface area contributed by atoms with Gasteiger partial charge in [-0.25, -0.2) is 0 Å². The molecule has 0 saturated heterocycles. The Bertz CT molecular complexity index is 623. The van der Waals surface area contributed by atoms with Gasteiger partial charge in [0.15, 0.2) is 0 Å². The number of anilines is 2. The molecular formula is C14H14N2O3S. The van der Waals surface area contributed by atoms with Crippen LogP contribution in [0.3, 0.4) is 0 Å².